The van der Waals surface area contributed by atoms with Gasteiger partial charge in [0.2, 0.25) is 11.7 Å². The minimum absolute atomic E-state index is 0.0496. The maximum Gasteiger partial charge on any atom is 0.251 e. The second-order valence-corrected chi connectivity index (χ2v) is 4.86. The van der Waals surface area contributed by atoms with Gasteiger partial charge in [0.15, 0.2) is 11.5 Å². The molecule has 0 saturated heterocycles. The fraction of sp³-hybridized carbons (Fsp3) is 0.500. The Labute approximate surface area is 136 Å². The lowest BCUT2D eigenvalue weighted by atomic mass is 10.1. The maximum absolute atomic E-state index is 12.2. The fourth-order valence-electron chi connectivity index (χ4n) is 2.03. The van der Waals surface area contributed by atoms with E-state index in [1.165, 1.54) is 28.3 Å². The third-order valence-electron chi connectivity index (χ3n) is 3.19. The molecule has 0 fully saturated rings. The van der Waals surface area contributed by atoms with E-state index in [1.54, 1.807) is 12.1 Å². The summed E-state index contributed by atoms with van der Waals surface area (Å²) in [6.07, 6.45) is 1.57. The Morgan fingerprint density at radius 2 is 1.43 bits per heavy atom. The number of carbonyl (C=O) groups is 2. The molecule has 23 heavy (non-hydrogen) atoms. The van der Waals surface area contributed by atoms with E-state index in [-0.39, 0.29) is 11.8 Å². The molecular weight excluding hydrogens is 300 g/mol. The zero-order valence-corrected chi connectivity index (χ0v) is 14.0. The van der Waals surface area contributed by atoms with Crippen LogP contribution in [0.5, 0.6) is 17.2 Å². The molecule has 0 aromatic heterocycles. The van der Waals surface area contributed by atoms with Gasteiger partial charge in [-0.2, -0.15) is 0 Å². The summed E-state index contributed by atoms with van der Waals surface area (Å²) in [6, 6.07) is 3.21. The third-order valence-corrected chi connectivity index (χ3v) is 3.19. The molecule has 0 atom stereocenters. The number of rotatable bonds is 9. The Hall–Kier alpha value is -2.44. The van der Waals surface area contributed by atoms with Crippen LogP contribution in [0.2, 0.25) is 0 Å². The summed E-state index contributed by atoms with van der Waals surface area (Å²) >= 11 is 0. The molecule has 2 N–H and O–H groups in total. The highest BCUT2D eigenvalue weighted by Gasteiger charge is 2.16. The minimum atomic E-state index is -0.219. The molecule has 128 valence electrons. The summed E-state index contributed by atoms with van der Waals surface area (Å²) in [5.41, 5.74) is 0.432. The number of hydrogen-bond donors (Lipinski definition) is 2. The van der Waals surface area contributed by atoms with Gasteiger partial charge in [-0.25, -0.2) is 0 Å². The molecule has 1 aromatic carbocycles. The Morgan fingerprint density at radius 1 is 0.913 bits per heavy atom. The van der Waals surface area contributed by atoms with Gasteiger partial charge in [-0.05, 0) is 25.0 Å². The van der Waals surface area contributed by atoms with Gasteiger partial charge in [-0.1, -0.05) is 0 Å². The Morgan fingerprint density at radius 3 is 1.87 bits per heavy atom. The van der Waals surface area contributed by atoms with Gasteiger partial charge in [0.05, 0.1) is 21.3 Å². The molecule has 0 radical (unpaired) electrons. The summed E-state index contributed by atoms with van der Waals surface area (Å²) in [4.78, 5) is 22.9. The van der Waals surface area contributed by atoms with Crippen LogP contribution >= 0.6 is 0 Å². The first-order valence-corrected chi connectivity index (χ1v) is 7.36. The first kappa shape index (κ1) is 18.6. The molecule has 1 rings (SSSR count). The van der Waals surface area contributed by atoms with Crippen LogP contribution in [0, 0.1) is 0 Å². The Bertz CT molecular complexity index is 520. The number of amides is 2. The normalized spacial score (nSPS) is 9.91. The largest absolute Gasteiger partial charge is 0.493 e. The van der Waals surface area contributed by atoms with Crippen molar-refractivity contribution >= 4 is 11.8 Å². The van der Waals surface area contributed by atoms with Crippen molar-refractivity contribution in [2.45, 2.75) is 19.8 Å². The highest BCUT2D eigenvalue weighted by Crippen LogP contribution is 2.38. The molecule has 0 aliphatic carbocycles. The highest BCUT2D eigenvalue weighted by molar-refractivity contribution is 5.95. The van der Waals surface area contributed by atoms with Crippen LogP contribution in [0.15, 0.2) is 12.1 Å². The first-order valence-electron chi connectivity index (χ1n) is 7.36. The van der Waals surface area contributed by atoms with Crippen LogP contribution in [0.1, 0.15) is 30.1 Å². The molecule has 0 heterocycles. The van der Waals surface area contributed by atoms with Crippen molar-refractivity contribution in [3.8, 4) is 17.2 Å². The summed E-state index contributed by atoms with van der Waals surface area (Å²) < 4.78 is 15.7. The van der Waals surface area contributed by atoms with Crippen LogP contribution in [-0.2, 0) is 4.79 Å². The molecule has 2 amide bonds. The van der Waals surface area contributed by atoms with Gasteiger partial charge in [0.25, 0.3) is 5.91 Å². The smallest absolute Gasteiger partial charge is 0.251 e. The van der Waals surface area contributed by atoms with E-state index in [9.17, 15) is 9.59 Å². The first-order chi connectivity index (χ1) is 11.0. The zero-order valence-electron chi connectivity index (χ0n) is 14.0. The lowest BCUT2D eigenvalue weighted by molar-refractivity contribution is -0.118. The number of hydrogen-bond acceptors (Lipinski definition) is 5. The van der Waals surface area contributed by atoms with Gasteiger partial charge in [-0.3, -0.25) is 9.59 Å². The number of ether oxygens (including phenoxy) is 3. The van der Waals surface area contributed by atoms with E-state index in [1.807, 2.05) is 0 Å². The number of benzene rings is 1. The SMILES string of the molecule is COc1cc(C(=O)NCCCCNC(C)=O)cc(OC)c1OC. The molecule has 0 saturated carbocycles. The molecule has 0 aliphatic rings. The van der Waals surface area contributed by atoms with E-state index < -0.39 is 0 Å². The number of unbranched alkanes of at least 4 members (excludes halogenated alkanes) is 1. The summed E-state index contributed by atoms with van der Waals surface area (Å²) in [7, 11) is 4.51. The third kappa shape index (κ3) is 5.69. The van der Waals surface area contributed by atoms with Crippen LogP contribution in [0.4, 0.5) is 0 Å². The quantitative estimate of drug-likeness (QED) is 0.670. The van der Waals surface area contributed by atoms with Crippen LogP contribution in [-0.4, -0.2) is 46.2 Å². The molecule has 0 aliphatic heterocycles. The minimum Gasteiger partial charge on any atom is -0.493 e. The lowest BCUT2D eigenvalue weighted by Gasteiger charge is -2.14. The van der Waals surface area contributed by atoms with Crippen LogP contribution in [0.25, 0.3) is 0 Å². The predicted octanol–water partition coefficient (Wildman–Crippen LogP) is 1.36. The monoisotopic (exact) mass is 324 g/mol. The number of carbonyl (C=O) groups excluding carboxylic acids is 2. The second-order valence-electron chi connectivity index (χ2n) is 4.86. The van der Waals surface area contributed by atoms with Crippen molar-refractivity contribution in [2.75, 3.05) is 34.4 Å². The van der Waals surface area contributed by atoms with Crippen molar-refractivity contribution in [3.05, 3.63) is 17.7 Å². The zero-order chi connectivity index (χ0) is 17.2. The summed E-state index contributed by atoms with van der Waals surface area (Å²) in [6.45, 7) is 2.61. The maximum atomic E-state index is 12.2. The van der Waals surface area contributed by atoms with Gasteiger partial charge < -0.3 is 24.8 Å². The van der Waals surface area contributed by atoms with E-state index in [2.05, 4.69) is 10.6 Å². The van der Waals surface area contributed by atoms with Gasteiger partial charge in [0, 0.05) is 25.6 Å². The van der Waals surface area contributed by atoms with Crippen molar-refractivity contribution in [1.82, 2.24) is 10.6 Å². The van der Waals surface area contributed by atoms with E-state index in [0.29, 0.717) is 35.9 Å². The van der Waals surface area contributed by atoms with Crippen molar-refractivity contribution in [3.63, 3.8) is 0 Å². The fourth-order valence-corrected chi connectivity index (χ4v) is 2.03. The van der Waals surface area contributed by atoms with Crippen LogP contribution < -0.4 is 24.8 Å². The Balaban J connectivity index is 2.60. The van der Waals surface area contributed by atoms with Crippen molar-refractivity contribution in [1.29, 1.82) is 0 Å². The molecular formula is C16H24N2O5. The number of methoxy groups -OCH3 is 3. The average Bonchev–Trinajstić information content (AvgIpc) is 2.55. The highest BCUT2D eigenvalue weighted by atomic mass is 16.5. The number of nitrogens with one attached hydrogen (secondary N) is 2. The molecule has 7 nitrogen and oxygen atoms in total. The topological polar surface area (TPSA) is 85.9 Å². The van der Waals surface area contributed by atoms with E-state index in [0.717, 1.165) is 12.8 Å². The molecule has 1 aromatic rings. The average molecular weight is 324 g/mol. The molecule has 0 spiro atoms. The van der Waals surface area contributed by atoms with Gasteiger partial charge in [-0.15, -0.1) is 0 Å². The van der Waals surface area contributed by atoms with Crippen LogP contribution in [0.3, 0.4) is 0 Å². The summed E-state index contributed by atoms with van der Waals surface area (Å²) in [5, 5.41) is 5.53. The van der Waals surface area contributed by atoms with Gasteiger partial charge >= 0.3 is 0 Å². The van der Waals surface area contributed by atoms with Crippen molar-refractivity contribution < 1.29 is 23.8 Å². The van der Waals surface area contributed by atoms with Gasteiger partial charge in [0.1, 0.15) is 0 Å². The second kappa shape index (κ2) is 9.55. The van der Waals surface area contributed by atoms with E-state index >= 15 is 0 Å². The molecule has 7 heteroatoms. The molecule has 0 unspecified atom stereocenters. The summed E-state index contributed by atoms with van der Waals surface area (Å²) in [5.74, 6) is 1.04. The van der Waals surface area contributed by atoms with E-state index in [4.69, 9.17) is 14.2 Å². The standard InChI is InChI=1S/C16H24N2O5/c1-11(19)17-7-5-6-8-18-16(20)12-9-13(21-2)15(23-4)14(10-12)22-3/h9-10H,5-8H2,1-4H3,(H,17,19)(H,18,20). The molecule has 0 bridgehead atoms. The van der Waals surface area contributed by atoms with Crippen molar-refractivity contribution in [2.24, 2.45) is 0 Å². The predicted molar refractivity (Wildman–Crippen MR) is 86.3 cm³/mol. The lowest BCUT2D eigenvalue weighted by Crippen LogP contribution is -2.26. The Kier molecular flexibility index (Phi) is 7.73.